The number of ether oxygens (including phenoxy) is 2. The number of hydrogen-bond donors (Lipinski definition) is 0. The predicted molar refractivity (Wildman–Crippen MR) is 92.2 cm³/mol. The topological polar surface area (TPSA) is 35.5 Å². The van der Waals surface area contributed by atoms with Crippen LogP contribution >= 0.6 is 22.2 Å². The molecule has 0 spiro atoms. The van der Waals surface area contributed by atoms with E-state index in [0.717, 1.165) is 6.42 Å². The van der Waals surface area contributed by atoms with E-state index in [1.807, 2.05) is 6.08 Å². The van der Waals surface area contributed by atoms with Crippen LogP contribution in [0.1, 0.15) is 51.9 Å². The Balaban J connectivity index is 3.33. The highest BCUT2D eigenvalue weighted by Gasteiger charge is 2.22. The number of esters is 1. The average Bonchev–Trinajstić information content (AvgIpc) is 2.42. The molecule has 0 fully saturated rings. The van der Waals surface area contributed by atoms with Crippen LogP contribution in [0.15, 0.2) is 12.3 Å². The van der Waals surface area contributed by atoms with E-state index in [1.165, 1.54) is 32.1 Å². The molecular formula is C15H28Cl2O3Si. The van der Waals surface area contributed by atoms with Crippen LogP contribution in [-0.4, -0.2) is 25.9 Å². The Bertz CT molecular complexity index is 291. The normalized spacial score (nSPS) is 11.8. The van der Waals surface area contributed by atoms with Gasteiger partial charge in [0.15, 0.2) is 0 Å². The van der Waals surface area contributed by atoms with Crippen molar-refractivity contribution < 1.29 is 14.3 Å². The molecular weight excluding hydrogens is 327 g/mol. The minimum absolute atomic E-state index is 0.265. The second-order valence-electron chi connectivity index (χ2n) is 5.24. The molecule has 0 aromatic heterocycles. The van der Waals surface area contributed by atoms with E-state index in [4.69, 9.17) is 31.6 Å². The smallest absolute Gasteiger partial charge is 0.305 e. The number of unbranched alkanes of at least 4 members (excludes halogenated alkanes) is 5. The summed E-state index contributed by atoms with van der Waals surface area (Å²) in [5.41, 5.74) is 0. The highest BCUT2D eigenvalue weighted by molar-refractivity contribution is 7.44. The van der Waals surface area contributed by atoms with Crippen molar-refractivity contribution in [3.8, 4) is 0 Å². The number of rotatable bonds is 13. The summed E-state index contributed by atoms with van der Waals surface area (Å²) in [6.45, 7) is 2.46. The number of carbonyl (C=O) groups is 1. The molecule has 0 aliphatic rings. The van der Waals surface area contributed by atoms with E-state index in [9.17, 15) is 4.79 Å². The molecule has 0 atom stereocenters. The lowest BCUT2D eigenvalue weighted by Crippen LogP contribution is -2.16. The zero-order valence-electron chi connectivity index (χ0n) is 13.2. The SMILES string of the molecule is CCCCCCCC=COCCOC(=O)CC[Si](C)(Cl)Cl. The van der Waals surface area contributed by atoms with Crippen molar-refractivity contribution in [1.82, 2.24) is 0 Å². The molecule has 0 saturated carbocycles. The molecule has 0 aromatic carbocycles. The summed E-state index contributed by atoms with van der Waals surface area (Å²) >= 11 is 11.8. The first-order valence-electron chi connectivity index (χ1n) is 7.76. The molecule has 6 heteroatoms. The molecule has 0 radical (unpaired) electrons. The van der Waals surface area contributed by atoms with Crippen LogP contribution in [0.3, 0.4) is 0 Å². The molecule has 0 unspecified atom stereocenters. The number of hydrogen-bond acceptors (Lipinski definition) is 3. The van der Waals surface area contributed by atoms with Gasteiger partial charge in [-0.25, -0.2) is 0 Å². The Morgan fingerprint density at radius 2 is 1.86 bits per heavy atom. The van der Waals surface area contributed by atoms with Crippen LogP contribution < -0.4 is 0 Å². The lowest BCUT2D eigenvalue weighted by atomic mass is 10.1. The van der Waals surface area contributed by atoms with E-state index in [-0.39, 0.29) is 19.0 Å². The van der Waals surface area contributed by atoms with E-state index >= 15 is 0 Å². The Hall–Kier alpha value is -0.193. The van der Waals surface area contributed by atoms with Crippen molar-refractivity contribution in [2.24, 2.45) is 0 Å². The van der Waals surface area contributed by atoms with E-state index in [2.05, 4.69) is 6.92 Å². The van der Waals surface area contributed by atoms with Gasteiger partial charge in [0.1, 0.15) is 13.2 Å². The summed E-state index contributed by atoms with van der Waals surface area (Å²) < 4.78 is 10.3. The van der Waals surface area contributed by atoms with E-state index < -0.39 is 6.69 Å². The number of carbonyl (C=O) groups excluding carboxylic acids is 1. The molecule has 124 valence electrons. The summed E-state index contributed by atoms with van der Waals surface area (Å²) in [5.74, 6) is -0.265. The van der Waals surface area contributed by atoms with Crippen LogP contribution in [0.5, 0.6) is 0 Å². The highest BCUT2D eigenvalue weighted by atomic mass is 35.7. The van der Waals surface area contributed by atoms with Crippen LogP contribution in [0.25, 0.3) is 0 Å². The monoisotopic (exact) mass is 354 g/mol. The Labute approximate surface area is 139 Å². The summed E-state index contributed by atoms with van der Waals surface area (Å²) in [7, 11) is 0. The van der Waals surface area contributed by atoms with Crippen LogP contribution in [0, 0.1) is 0 Å². The first kappa shape index (κ1) is 20.8. The van der Waals surface area contributed by atoms with Crippen molar-refractivity contribution in [1.29, 1.82) is 0 Å². The Kier molecular flexibility index (Phi) is 13.3. The maximum Gasteiger partial charge on any atom is 0.305 e. The molecule has 0 saturated heterocycles. The van der Waals surface area contributed by atoms with Crippen LogP contribution in [0.4, 0.5) is 0 Å². The lowest BCUT2D eigenvalue weighted by Gasteiger charge is -2.09. The number of allylic oxidation sites excluding steroid dienone is 1. The first-order chi connectivity index (χ1) is 9.95. The number of halogens is 2. The molecule has 21 heavy (non-hydrogen) atoms. The summed E-state index contributed by atoms with van der Waals surface area (Å²) in [4.78, 5) is 11.4. The zero-order valence-corrected chi connectivity index (χ0v) is 15.7. The molecule has 0 rings (SSSR count). The van der Waals surface area contributed by atoms with E-state index in [1.54, 1.807) is 12.8 Å². The Morgan fingerprint density at radius 3 is 2.52 bits per heavy atom. The maximum absolute atomic E-state index is 11.4. The largest absolute Gasteiger partial charge is 0.498 e. The third-order valence-corrected chi connectivity index (χ3v) is 5.16. The van der Waals surface area contributed by atoms with Gasteiger partial charge in [0.05, 0.1) is 6.26 Å². The van der Waals surface area contributed by atoms with Crippen molar-refractivity contribution in [3.63, 3.8) is 0 Å². The molecule has 0 heterocycles. The minimum atomic E-state index is -2.20. The van der Waals surface area contributed by atoms with Gasteiger partial charge in [0, 0.05) is 6.42 Å². The van der Waals surface area contributed by atoms with Crippen molar-refractivity contribution >= 4 is 34.8 Å². The summed E-state index contributed by atoms with van der Waals surface area (Å²) in [6.07, 6.45) is 11.4. The maximum atomic E-state index is 11.4. The van der Waals surface area contributed by atoms with Crippen molar-refractivity contribution in [2.45, 2.75) is 64.5 Å². The quantitative estimate of drug-likeness (QED) is 0.147. The van der Waals surface area contributed by atoms with Gasteiger partial charge < -0.3 is 9.47 Å². The molecule has 0 aliphatic carbocycles. The second kappa shape index (κ2) is 13.5. The molecule has 0 aromatic rings. The fraction of sp³-hybridized carbons (Fsp3) is 0.800. The van der Waals surface area contributed by atoms with Gasteiger partial charge in [0.2, 0.25) is 6.69 Å². The third-order valence-electron chi connectivity index (χ3n) is 2.90. The van der Waals surface area contributed by atoms with Crippen molar-refractivity contribution in [3.05, 3.63) is 12.3 Å². The third kappa shape index (κ3) is 17.8. The van der Waals surface area contributed by atoms with Gasteiger partial charge in [-0.15, -0.1) is 22.2 Å². The fourth-order valence-electron chi connectivity index (χ4n) is 1.67. The molecule has 0 N–H and O–H groups in total. The summed E-state index contributed by atoms with van der Waals surface area (Å²) in [5, 5.41) is 0. The van der Waals surface area contributed by atoms with Gasteiger partial charge in [-0.2, -0.15) is 0 Å². The zero-order chi connectivity index (χ0) is 16.0. The van der Waals surface area contributed by atoms with Crippen LogP contribution in [0.2, 0.25) is 12.6 Å². The molecule has 0 amide bonds. The molecule has 3 nitrogen and oxygen atoms in total. The minimum Gasteiger partial charge on any atom is -0.498 e. The van der Waals surface area contributed by atoms with Crippen LogP contribution in [-0.2, 0) is 14.3 Å². The Morgan fingerprint density at radius 1 is 1.14 bits per heavy atom. The van der Waals surface area contributed by atoms with Gasteiger partial charge in [-0.1, -0.05) is 32.6 Å². The highest BCUT2D eigenvalue weighted by Crippen LogP contribution is 2.21. The average molecular weight is 355 g/mol. The predicted octanol–water partition coefficient (Wildman–Crippen LogP) is 5.36. The summed E-state index contributed by atoms with van der Waals surface area (Å²) in [6, 6.07) is 0.522. The second-order valence-corrected chi connectivity index (χ2v) is 13.5. The first-order valence-corrected chi connectivity index (χ1v) is 12.5. The fourth-order valence-corrected chi connectivity index (χ4v) is 2.88. The van der Waals surface area contributed by atoms with Gasteiger partial charge >= 0.3 is 5.97 Å². The standard InChI is InChI=1S/C15H28Cl2O3Si/c1-3-4-5-6-7-8-9-11-19-12-13-20-15(18)10-14-21(2,16)17/h9,11H,3-8,10,12-14H2,1-2H3. The van der Waals surface area contributed by atoms with E-state index in [0.29, 0.717) is 12.7 Å². The van der Waals surface area contributed by atoms with Gasteiger partial charge in [-0.3, -0.25) is 4.79 Å². The molecule has 0 aliphatic heterocycles. The molecule has 0 bridgehead atoms. The van der Waals surface area contributed by atoms with Gasteiger partial charge in [-0.05, 0) is 31.5 Å². The van der Waals surface area contributed by atoms with Crippen molar-refractivity contribution in [2.75, 3.05) is 13.2 Å². The lowest BCUT2D eigenvalue weighted by molar-refractivity contribution is -0.144. The van der Waals surface area contributed by atoms with Gasteiger partial charge in [0.25, 0.3) is 0 Å².